The molecule has 3 aliphatic rings. The number of halogens is 3. The van der Waals surface area contributed by atoms with Gasteiger partial charge in [-0.2, -0.15) is 13.2 Å². The van der Waals surface area contributed by atoms with Crippen molar-refractivity contribution >= 4 is 5.84 Å². The topological polar surface area (TPSA) is 98.1 Å². The molecule has 2 fully saturated rings. The third-order valence-electron chi connectivity index (χ3n) is 5.44. The summed E-state index contributed by atoms with van der Waals surface area (Å²) < 4.78 is 52.4. The molecule has 0 bridgehead atoms. The highest BCUT2D eigenvalue weighted by Gasteiger charge is 2.38. The number of nitrogens with one attached hydrogen (secondary N) is 1. The minimum absolute atomic E-state index is 0.127. The molecular weight excluding hydrogens is 387 g/mol. The number of hydrogen-bond donors (Lipinski definition) is 3. The average Bonchev–Trinajstić information content (AvgIpc) is 2.61. The molecule has 7 nitrogen and oxygen atoms in total. The summed E-state index contributed by atoms with van der Waals surface area (Å²) in [5, 5.41) is 2.75. The van der Waals surface area contributed by atoms with E-state index in [1.807, 2.05) is 0 Å². The van der Waals surface area contributed by atoms with Crippen LogP contribution in [-0.4, -0.2) is 42.8 Å². The van der Waals surface area contributed by atoms with E-state index in [4.69, 9.17) is 20.9 Å². The van der Waals surface area contributed by atoms with Crippen molar-refractivity contribution in [3.63, 3.8) is 0 Å². The zero-order valence-corrected chi connectivity index (χ0v) is 15.8. The molecule has 29 heavy (non-hydrogen) atoms. The van der Waals surface area contributed by atoms with Gasteiger partial charge in [-0.05, 0) is 37.1 Å². The number of hydrogen-bond acceptors (Lipinski definition) is 7. The fourth-order valence-electron chi connectivity index (χ4n) is 3.74. The molecule has 1 aromatic carbocycles. The maximum Gasteiger partial charge on any atom is 0.419 e. The fourth-order valence-corrected chi connectivity index (χ4v) is 3.74. The van der Waals surface area contributed by atoms with E-state index in [1.165, 1.54) is 24.4 Å². The van der Waals surface area contributed by atoms with Crippen LogP contribution >= 0.6 is 0 Å². The van der Waals surface area contributed by atoms with E-state index >= 15 is 0 Å². The van der Waals surface area contributed by atoms with Gasteiger partial charge in [0.05, 0.1) is 12.2 Å². The number of aliphatic imine (C=N–C) groups is 1. The first-order valence-corrected chi connectivity index (χ1v) is 9.57. The van der Waals surface area contributed by atoms with Crippen molar-refractivity contribution < 1.29 is 22.6 Å². The van der Waals surface area contributed by atoms with Gasteiger partial charge in [0.1, 0.15) is 23.9 Å². The van der Waals surface area contributed by atoms with Gasteiger partial charge >= 0.3 is 6.18 Å². The van der Waals surface area contributed by atoms with Crippen LogP contribution in [0.25, 0.3) is 0 Å². The Morgan fingerprint density at radius 3 is 2.55 bits per heavy atom. The number of benzene rings is 1. The second-order valence-electron chi connectivity index (χ2n) is 7.46. The summed E-state index contributed by atoms with van der Waals surface area (Å²) in [6, 6.07) is 3.75. The molecule has 2 unspecified atom stereocenters. The number of ether oxygens (including phenoxy) is 2. The van der Waals surface area contributed by atoms with Crippen LogP contribution in [0.2, 0.25) is 0 Å². The molecule has 3 aliphatic heterocycles. The molecule has 2 atom stereocenters. The highest BCUT2D eigenvalue weighted by atomic mass is 19.4. The molecule has 0 saturated carbocycles. The fraction of sp³-hybridized carbons (Fsp3) is 0.526. The quantitative estimate of drug-likeness (QED) is 0.700. The lowest BCUT2D eigenvalue weighted by Crippen LogP contribution is -2.50. The normalized spacial score (nSPS) is 28.4. The van der Waals surface area contributed by atoms with Gasteiger partial charge in [-0.1, -0.05) is 0 Å². The van der Waals surface area contributed by atoms with Gasteiger partial charge in [-0.15, -0.1) is 0 Å². The van der Waals surface area contributed by atoms with E-state index < -0.39 is 17.5 Å². The van der Waals surface area contributed by atoms with Crippen molar-refractivity contribution in [2.45, 2.75) is 43.6 Å². The van der Waals surface area contributed by atoms with Crippen LogP contribution in [0.15, 0.2) is 35.5 Å². The summed E-state index contributed by atoms with van der Waals surface area (Å²) in [5.74, 6) is -1.64. The third kappa shape index (κ3) is 4.19. The Morgan fingerprint density at radius 2 is 1.97 bits per heavy atom. The van der Waals surface area contributed by atoms with E-state index in [0.717, 1.165) is 32.2 Å². The lowest BCUT2D eigenvalue weighted by molar-refractivity contribution is -0.154. The predicted molar refractivity (Wildman–Crippen MR) is 101 cm³/mol. The molecule has 0 aromatic heterocycles. The van der Waals surface area contributed by atoms with Crippen LogP contribution in [-0.2, 0) is 16.7 Å². The van der Waals surface area contributed by atoms with Crippen LogP contribution in [0.3, 0.4) is 0 Å². The van der Waals surface area contributed by atoms with Crippen molar-refractivity contribution in [1.82, 2.24) is 10.2 Å². The molecule has 158 valence electrons. The first-order valence-electron chi connectivity index (χ1n) is 9.57. The Hall–Kier alpha value is -2.30. The van der Waals surface area contributed by atoms with Gasteiger partial charge in [0.15, 0.2) is 0 Å². The number of likely N-dealkylation sites (tertiary alicyclic amines) is 1. The molecule has 2 saturated heterocycles. The van der Waals surface area contributed by atoms with E-state index in [1.54, 1.807) is 0 Å². The van der Waals surface area contributed by atoms with Gasteiger partial charge in [0, 0.05) is 31.3 Å². The number of amidine groups is 1. The van der Waals surface area contributed by atoms with Crippen LogP contribution in [0, 0.1) is 0 Å². The molecule has 0 radical (unpaired) electrons. The van der Waals surface area contributed by atoms with E-state index in [2.05, 4.69) is 15.2 Å². The minimum Gasteiger partial charge on any atom is -0.490 e. The van der Waals surface area contributed by atoms with Gasteiger partial charge in [0.2, 0.25) is 5.79 Å². The summed E-state index contributed by atoms with van der Waals surface area (Å²) in [7, 11) is 0. The van der Waals surface area contributed by atoms with Crippen molar-refractivity contribution in [2.75, 3.05) is 19.7 Å². The maximum atomic E-state index is 13.7. The van der Waals surface area contributed by atoms with Crippen LogP contribution in [0.4, 0.5) is 13.2 Å². The molecular formula is C19H24F3N5O2. The standard InChI is InChI=1S/C19H24F3N5O2/c20-18(21,22)14-11-12(19(24)25-7-3-16(23)26-19)1-2-15(14)29-13-4-8-27(9-5-13)17-6-10-28-17/h1-3,7,11,13,17,25H,4-6,8-10,24H2,(H2,23,26). The number of alkyl halides is 3. The molecule has 0 amide bonds. The van der Waals surface area contributed by atoms with E-state index in [0.29, 0.717) is 12.8 Å². The first kappa shape index (κ1) is 20.0. The highest BCUT2D eigenvalue weighted by Crippen LogP contribution is 2.39. The van der Waals surface area contributed by atoms with Gasteiger partial charge in [-0.3, -0.25) is 10.6 Å². The Balaban J connectivity index is 1.52. The lowest BCUT2D eigenvalue weighted by Gasteiger charge is -2.41. The maximum absolute atomic E-state index is 13.7. The van der Waals surface area contributed by atoms with Crippen molar-refractivity contribution in [1.29, 1.82) is 0 Å². The van der Waals surface area contributed by atoms with Crippen LogP contribution in [0.1, 0.15) is 30.4 Å². The van der Waals surface area contributed by atoms with Crippen molar-refractivity contribution in [2.24, 2.45) is 16.5 Å². The molecule has 4 rings (SSSR count). The monoisotopic (exact) mass is 411 g/mol. The zero-order chi connectivity index (χ0) is 20.6. The Bertz CT molecular complexity index is 817. The number of rotatable bonds is 4. The van der Waals surface area contributed by atoms with Crippen molar-refractivity contribution in [3.05, 3.63) is 41.6 Å². The van der Waals surface area contributed by atoms with Crippen molar-refractivity contribution in [3.8, 4) is 5.75 Å². The molecule has 0 aliphatic carbocycles. The van der Waals surface area contributed by atoms with E-state index in [9.17, 15) is 13.2 Å². The largest absolute Gasteiger partial charge is 0.490 e. The highest BCUT2D eigenvalue weighted by molar-refractivity contribution is 5.92. The second-order valence-corrected chi connectivity index (χ2v) is 7.46. The Labute approximate surface area is 166 Å². The molecule has 5 N–H and O–H groups in total. The summed E-state index contributed by atoms with van der Waals surface area (Å²) in [6.07, 6.45) is 0.499. The smallest absolute Gasteiger partial charge is 0.419 e. The van der Waals surface area contributed by atoms with Gasteiger partial charge in [0.25, 0.3) is 0 Å². The molecule has 0 spiro atoms. The zero-order valence-electron chi connectivity index (χ0n) is 15.8. The first-order chi connectivity index (χ1) is 13.7. The van der Waals surface area contributed by atoms with Crippen LogP contribution in [0.5, 0.6) is 5.75 Å². The number of piperidine rings is 1. The third-order valence-corrected chi connectivity index (χ3v) is 5.44. The van der Waals surface area contributed by atoms with E-state index in [-0.39, 0.29) is 29.5 Å². The Morgan fingerprint density at radius 1 is 1.24 bits per heavy atom. The van der Waals surface area contributed by atoms with Gasteiger partial charge < -0.3 is 20.5 Å². The molecule has 10 heteroatoms. The Kier molecular flexibility index (Phi) is 5.18. The SMILES string of the molecule is NC1=NC(N)(c2ccc(OC3CCN(C4CCO4)CC3)c(C(F)(F)F)c2)NC=C1. The van der Waals surface area contributed by atoms with Gasteiger partial charge in [-0.25, -0.2) is 4.99 Å². The lowest BCUT2D eigenvalue weighted by atomic mass is 10.0. The second kappa shape index (κ2) is 7.51. The summed E-state index contributed by atoms with van der Waals surface area (Å²) in [4.78, 5) is 6.25. The number of nitrogens with zero attached hydrogens (tertiary/aromatic N) is 2. The summed E-state index contributed by atoms with van der Waals surface area (Å²) >= 11 is 0. The van der Waals surface area contributed by atoms with Crippen LogP contribution < -0.4 is 21.5 Å². The average molecular weight is 411 g/mol. The summed E-state index contributed by atoms with van der Waals surface area (Å²) in [6.45, 7) is 2.25. The molecule has 1 aromatic rings. The minimum atomic E-state index is -4.60. The predicted octanol–water partition coefficient (Wildman–Crippen LogP) is 1.84. The number of nitrogens with two attached hydrogens (primary N) is 2. The molecule has 3 heterocycles. The summed E-state index contributed by atoms with van der Waals surface area (Å²) in [5.41, 5.74) is 11.0.